The van der Waals surface area contributed by atoms with Gasteiger partial charge in [-0.25, -0.2) is 0 Å². The van der Waals surface area contributed by atoms with Crippen LogP contribution in [0.15, 0.2) is 17.5 Å². The van der Waals surface area contributed by atoms with Gasteiger partial charge in [0.1, 0.15) is 5.78 Å². The van der Waals surface area contributed by atoms with Crippen LogP contribution in [0.4, 0.5) is 0 Å². The maximum absolute atomic E-state index is 10.6. The van der Waals surface area contributed by atoms with E-state index in [1.54, 1.807) is 11.3 Å². The third kappa shape index (κ3) is 0.886. The molecule has 0 N–H and O–H groups in total. The summed E-state index contributed by atoms with van der Waals surface area (Å²) in [7, 11) is 0. The summed E-state index contributed by atoms with van der Waals surface area (Å²) < 4.78 is 0. The van der Waals surface area contributed by atoms with Crippen LogP contribution in [0.5, 0.6) is 0 Å². The fourth-order valence-electron chi connectivity index (χ4n) is 1.21. The number of Topliss-reactive ketones (excluding diaryl/α,β-unsaturated/α-hetero) is 1. The molecule has 2 heteroatoms. The van der Waals surface area contributed by atoms with Crippen molar-refractivity contribution in [1.29, 1.82) is 0 Å². The minimum absolute atomic E-state index is 0.415. The zero-order chi connectivity index (χ0) is 6.97. The van der Waals surface area contributed by atoms with E-state index in [0.717, 1.165) is 12.8 Å². The minimum atomic E-state index is 0.415. The molecule has 1 saturated carbocycles. The van der Waals surface area contributed by atoms with Crippen molar-refractivity contribution in [2.75, 3.05) is 0 Å². The zero-order valence-corrected chi connectivity index (χ0v) is 6.36. The van der Waals surface area contributed by atoms with Crippen molar-refractivity contribution in [3.8, 4) is 0 Å². The van der Waals surface area contributed by atoms with Gasteiger partial charge < -0.3 is 0 Å². The number of ketones is 1. The summed E-state index contributed by atoms with van der Waals surface area (Å²) in [6, 6.07) is 4.16. The molecular weight excluding hydrogens is 144 g/mol. The summed E-state index contributed by atoms with van der Waals surface area (Å²) in [5.41, 5.74) is 0. The Bertz CT molecular complexity index is 230. The first kappa shape index (κ1) is 6.10. The monoisotopic (exact) mass is 152 g/mol. The molecule has 1 fully saturated rings. The fraction of sp³-hybridized carbons (Fsp3) is 0.375. The van der Waals surface area contributed by atoms with Crippen LogP contribution in [0.25, 0.3) is 0 Å². The quantitative estimate of drug-likeness (QED) is 0.603. The minimum Gasteiger partial charge on any atom is -0.300 e. The molecule has 10 heavy (non-hydrogen) atoms. The van der Waals surface area contributed by atoms with Gasteiger partial charge in [-0.05, 0) is 11.4 Å². The van der Waals surface area contributed by atoms with Crippen LogP contribution in [0.3, 0.4) is 0 Å². The normalized spacial score (nSPS) is 19.0. The molecule has 1 aromatic heterocycles. The lowest BCUT2D eigenvalue weighted by Gasteiger charge is -2.22. The van der Waals surface area contributed by atoms with Crippen molar-refractivity contribution in [1.82, 2.24) is 0 Å². The van der Waals surface area contributed by atoms with Crippen LogP contribution in [-0.2, 0) is 4.79 Å². The highest BCUT2D eigenvalue weighted by molar-refractivity contribution is 7.10. The molecule has 0 unspecified atom stereocenters. The van der Waals surface area contributed by atoms with Crippen molar-refractivity contribution < 1.29 is 4.79 Å². The molecule has 0 bridgehead atoms. The largest absolute Gasteiger partial charge is 0.300 e. The summed E-state index contributed by atoms with van der Waals surface area (Å²) >= 11 is 1.76. The zero-order valence-electron chi connectivity index (χ0n) is 5.54. The summed E-state index contributed by atoms with van der Waals surface area (Å²) in [5, 5.41) is 2.07. The van der Waals surface area contributed by atoms with Gasteiger partial charge in [0.15, 0.2) is 0 Å². The topological polar surface area (TPSA) is 17.1 Å². The first-order valence-electron chi connectivity index (χ1n) is 3.41. The molecule has 1 nitrogen and oxygen atoms in total. The van der Waals surface area contributed by atoms with Crippen LogP contribution in [0, 0.1) is 0 Å². The summed E-state index contributed by atoms with van der Waals surface area (Å²) in [4.78, 5) is 12.0. The second-order valence-electron chi connectivity index (χ2n) is 2.66. The third-order valence-electron chi connectivity index (χ3n) is 1.89. The maximum Gasteiger partial charge on any atom is 0.134 e. The predicted molar refractivity (Wildman–Crippen MR) is 41.3 cm³/mol. The molecule has 1 aliphatic rings. The Labute approximate surface area is 63.7 Å². The van der Waals surface area contributed by atoms with Crippen LogP contribution < -0.4 is 0 Å². The van der Waals surface area contributed by atoms with Gasteiger partial charge in [0.25, 0.3) is 0 Å². The smallest absolute Gasteiger partial charge is 0.134 e. The highest BCUT2D eigenvalue weighted by Gasteiger charge is 2.28. The van der Waals surface area contributed by atoms with Crippen LogP contribution in [-0.4, -0.2) is 5.78 Å². The molecule has 0 aromatic carbocycles. The lowest BCUT2D eigenvalue weighted by molar-refractivity contribution is -0.124. The average Bonchev–Trinajstić information content (AvgIpc) is 2.31. The first-order chi connectivity index (χ1) is 4.86. The van der Waals surface area contributed by atoms with Gasteiger partial charge in [0.05, 0.1) is 0 Å². The van der Waals surface area contributed by atoms with E-state index in [9.17, 15) is 4.79 Å². The Kier molecular flexibility index (Phi) is 1.34. The van der Waals surface area contributed by atoms with Gasteiger partial charge in [-0.1, -0.05) is 6.07 Å². The number of hydrogen-bond acceptors (Lipinski definition) is 2. The molecule has 1 aliphatic carbocycles. The van der Waals surface area contributed by atoms with E-state index in [-0.39, 0.29) is 0 Å². The number of hydrogen-bond donors (Lipinski definition) is 0. The van der Waals surface area contributed by atoms with Crippen molar-refractivity contribution in [3.05, 3.63) is 22.4 Å². The van der Waals surface area contributed by atoms with Crippen molar-refractivity contribution >= 4 is 17.1 Å². The molecule has 0 saturated heterocycles. The number of carbonyl (C=O) groups is 1. The lowest BCUT2D eigenvalue weighted by atomic mass is 9.83. The number of thiophene rings is 1. The summed E-state index contributed by atoms with van der Waals surface area (Å²) in [5.74, 6) is 0.978. The standard InChI is InChI=1S/C8H8OS/c9-7-4-6(5-7)8-2-1-3-10-8/h1-3,6H,4-5H2. The fourth-order valence-corrected chi connectivity index (χ4v) is 2.05. The van der Waals surface area contributed by atoms with Crippen molar-refractivity contribution in [2.45, 2.75) is 18.8 Å². The second kappa shape index (κ2) is 2.20. The van der Waals surface area contributed by atoms with Gasteiger partial charge >= 0.3 is 0 Å². The third-order valence-corrected chi connectivity index (χ3v) is 2.93. The van der Waals surface area contributed by atoms with Gasteiger partial charge in [-0.2, -0.15) is 0 Å². The Morgan fingerprint density at radius 1 is 1.50 bits per heavy atom. The highest BCUT2D eigenvalue weighted by Crippen LogP contribution is 2.35. The van der Waals surface area contributed by atoms with Crippen LogP contribution >= 0.6 is 11.3 Å². The average molecular weight is 152 g/mol. The molecule has 2 rings (SSSR count). The van der Waals surface area contributed by atoms with Crippen LogP contribution in [0.2, 0.25) is 0 Å². The molecule has 0 atom stereocenters. The molecule has 0 spiro atoms. The summed E-state index contributed by atoms with van der Waals surface area (Å²) in [6.45, 7) is 0. The highest BCUT2D eigenvalue weighted by atomic mass is 32.1. The van der Waals surface area contributed by atoms with E-state index in [1.807, 2.05) is 6.07 Å². The van der Waals surface area contributed by atoms with Gasteiger partial charge in [-0.15, -0.1) is 11.3 Å². The van der Waals surface area contributed by atoms with E-state index in [0.29, 0.717) is 11.7 Å². The molecule has 1 aromatic rings. The molecule has 0 radical (unpaired) electrons. The van der Waals surface area contributed by atoms with Crippen molar-refractivity contribution in [2.24, 2.45) is 0 Å². The Balaban J connectivity index is 2.10. The van der Waals surface area contributed by atoms with Crippen LogP contribution in [0.1, 0.15) is 23.6 Å². The van der Waals surface area contributed by atoms with E-state index in [1.165, 1.54) is 4.88 Å². The lowest BCUT2D eigenvalue weighted by Crippen LogP contribution is -2.19. The molecule has 52 valence electrons. The Morgan fingerprint density at radius 3 is 2.80 bits per heavy atom. The van der Waals surface area contributed by atoms with Gasteiger partial charge in [0, 0.05) is 23.6 Å². The van der Waals surface area contributed by atoms with E-state index < -0.39 is 0 Å². The second-order valence-corrected chi connectivity index (χ2v) is 3.64. The Morgan fingerprint density at radius 2 is 2.30 bits per heavy atom. The molecule has 0 amide bonds. The molecular formula is C8H8OS. The molecule has 0 aliphatic heterocycles. The number of rotatable bonds is 1. The van der Waals surface area contributed by atoms with E-state index >= 15 is 0 Å². The van der Waals surface area contributed by atoms with E-state index in [4.69, 9.17) is 0 Å². The maximum atomic E-state index is 10.6. The van der Waals surface area contributed by atoms with E-state index in [2.05, 4.69) is 11.4 Å². The summed E-state index contributed by atoms with van der Waals surface area (Å²) in [6.07, 6.45) is 1.56. The predicted octanol–water partition coefficient (Wildman–Crippen LogP) is 2.19. The Hall–Kier alpha value is -0.630. The number of carbonyl (C=O) groups excluding carboxylic acids is 1. The molecule has 1 heterocycles. The SMILES string of the molecule is O=C1CC(c2cccs2)C1. The first-order valence-corrected chi connectivity index (χ1v) is 4.29. The van der Waals surface area contributed by atoms with Gasteiger partial charge in [-0.3, -0.25) is 4.79 Å². The van der Waals surface area contributed by atoms with Gasteiger partial charge in [0.2, 0.25) is 0 Å². The van der Waals surface area contributed by atoms with Crippen molar-refractivity contribution in [3.63, 3.8) is 0 Å².